The van der Waals surface area contributed by atoms with E-state index in [-0.39, 0.29) is 5.38 Å². The molecule has 0 spiro atoms. The van der Waals surface area contributed by atoms with Crippen LogP contribution in [0.3, 0.4) is 0 Å². The molecule has 14 heavy (non-hydrogen) atoms. The SMILES string of the molecule is C/C(=C\c1cccc(C)c1C)C(C)Cl. The number of aryl methyl sites for hydroxylation is 1. The third-order valence-electron chi connectivity index (χ3n) is 2.66. The van der Waals surface area contributed by atoms with Crippen molar-refractivity contribution in [2.45, 2.75) is 33.1 Å². The van der Waals surface area contributed by atoms with Gasteiger partial charge in [0.05, 0.1) is 5.38 Å². The third kappa shape index (κ3) is 2.62. The smallest absolute Gasteiger partial charge is 0.0517 e. The van der Waals surface area contributed by atoms with E-state index in [2.05, 4.69) is 45.0 Å². The molecule has 1 heteroatoms. The van der Waals surface area contributed by atoms with Crippen LogP contribution in [0.25, 0.3) is 6.08 Å². The van der Waals surface area contributed by atoms with Gasteiger partial charge in [-0.25, -0.2) is 0 Å². The molecule has 0 aliphatic rings. The van der Waals surface area contributed by atoms with E-state index in [4.69, 9.17) is 11.6 Å². The molecule has 0 fully saturated rings. The van der Waals surface area contributed by atoms with Crippen LogP contribution in [-0.4, -0.2) is 5.38 Å². The molecule has 1 unspecified atom stereocenters. The molecule has 1 aromatic rings. The van der Waals surface area contributed by atoms with Crippen molar-refractivity contribution in [3.05, 3.63) is 40.5 Å². The van der Waals surface area contributed by atoms with Gasteiger partial charge >= 0.3 is 0 Å². The second kappa shape index (κ2) is 4.65. The lowest BCUT2D eigenvalue weighted by molar-refractivity contribution is 1.12. The molecule has 0 aliphatic carbocycles. The Bertz CT molecular complexity index is 348. The van der Waals surface area contributed by atoms with Crippen molar-refractivity contribution in [2.75, 3.05) is 0 Å². The minimum atomic E-state index is 0.106. The standard InChI is InChI=1S/C13H17Cl/c1-9-6-5-7-13(11(9)3)8-10(2)12(4)14/h5-8,12H,1-4H3/b10-8+. The Hall–Kier alpha value is -0.750. The normalized spacial score (nSPS) is 14.2. The molecule has 1 atom stereocenters. The number of alkyl halides is 1. The van der Waals surface area contributed by atoms with Crippen LogP contribution in [0.2, 0.25) is 0 Å². The fraction of sp³-hybridized carbons (Fsp3) is 0.385. The lowest BCUT2D eigenvalue weighted by Gasteiger charge is -2.07. The Kier molecular flexibility index (Phi) is 3.77. The molecule has 0 bridgehead atoms. The number of rotatable bonds is 2. The van der Waals surface area contributed by atoms with E-state index in [1.54, 1.807) is 0 Å². The summed E-state index contributed by atoms with van der Waals surface area (Å²) in [6, 6.07) is 6.34. The van der Waals surface area contributed by atoms with E-state index < -0.39 is 0 Å². The van der Waals surface area contributed by atoms with Crippen LogP contribution in [0.15, 0.2) is 23.8 Å². The van der Waals surface area contributed by atoms with Crippen LogP contribution in [0.1, 0.15) is 30.5 Å². The van der Waals surface area contributed by atoms with Crippen molar-refractivity contribution in [1.29, 1.82) is 0 Å². The number of hydrogen-bond acceptors (Lipinski definition) is 0. The first-order chi connectivity index (χ1) is 6.52. The number of hydrogen-bond donors (Lipinski definition) is 0. The van der Waals surface area contributed by atoms with E-state index >= 15 is 0 Å². The highest BCUT2D eigenvalue weighted by molar-refractivity contribution is 6.22. The van der Waals surface area contributed by atoms with Crippen LogP contribution < -0.4 is 0 Å². The highest BCUT2D eigenvalue weighted by Crippen LogP contribution is 2.18. The summed E-state index contributed by atoms with van der Waals surface area (Å²) in [6.07, 6.45) is 2.17. The first-order valence-electron chi connectivity index (χ1n) is 4.91. The van der Waals surface area contributed by atoms with Gasteiger partial charge in [-0.2, -0.15) is 0 Å². The molecule has 1 rings (SSSR count). The number of halogens is 1. The van der Waals surface area contributed by atoms with Crippen LogP contribution in [0.5, 0.6) is 0 Å². The predicted molar refractivity (Wildman–Crippen MR) is 64.9 cm³/mol. The summed E-state index contributed by atoms with van der Waals surface area (Å²) in [4.78, 5) is 0. The quantitative estimate of drug-likeness (QED) is 0.635. The van der Waals surface area contributed by atoms with Crippen molar-refractivity contribution in [3.8, 4) is 0 Å². The van der Waals surface area contributed by atoms with Crippen molar-refractivity contribution in [2.24, 2.45) is 0 Å². The Balaban J connectivity index is 3.09. The summed E-state index contributed by atoms with van der Waals surface area (Å²) < 4.78 is 0. The molecule has 76 valence electrons. The van der Waals surface area contributed by atoms with Gasteiger partial charge in [-0.3, -0.25) is 0 Å². The Morgan fingerprint density at radius 3 is 2.57 bits per heavy atom. The van der Waals surface area contributed by atoms with Crippen LogP contribution in [0, 0.1) is 13.8 Å². The van der Waals surface area contributed by atoms with Gasteiger partial charge in [0.25, 0.3) is 0 Å². The average molecular weight is 209 g/mol. The molecule has 0 N–H and O–H groups in total. The predicted octanol–water partition coefficient (Wildman–Crippen LogP) is 4.33. The highest BCUT2D eigenvalue weighted by atomic mass is 35.5. The zero-order valence-corrected chi connectivity index (χ0v) is 10.0. The van der Waals surface area contributed by atoms with Crippen molar-refractivity contribution < 1.29 is 0 Å². The maximum absolute atomic E-state index is 6.00. The molecular weight excluding hydrogens is 192 g/mol. The van der Waals surface area contributed by atoms with Crippen molar-refractivity contribution in [1.82, 2.24) is 0 Å². The van der Waals surface area contributed by atoms with Gasteiger partial charge in [0, 0.05) is 0 Å². The van der Waals surface area contributed by atoms with E-state index in [0.717, 1.165) is 0 Å². The van der Waals surface area contributed by atoms with Gasteiger partial charge in [-0.05, 0) is 44.4 Å². The second-order valence-electron chi connectivity index (χ2n) is 3.79. The summed E-state index contributed by atoms with van der Waals surface area (Å²) in [5.41, 5.74) is 5.15. The lowest BCUT2D eigenvalue weighted by Crippen LogP contribution is -1.93. The first kappa shape index (κ1) is 11.3. The zero-order valence-electron chi connectivity index (χ0n) is 9.26. The maximum atomic E-state index is 6.00. The van der Waals surface area contributed by atoms with Gasteiger partial charge < -0.3 is 0 Å². The van der Waals surface area contributed by atoms with Gasteiger partial charge in [-0.15, -0.1) is 11.6 Å². The largest absolute Gasteiger partial charge is 0.118 e. The minimum Gasteiger partial charge on any atom is -0.118 e. The van der Waals surface area contributed by atoms with Crippen LogP contribution in [-0.2, 0) is 0 Å². The van der Waals surface area contributed by atoms with Crippen molar-refractivity contribution in [3.63, 3.8) is 0 Å². The molecule has 0 nitrogen and oxygen atoms in total. The van der Waals surface area contributed by atoms with Crippen LogP contribution >= 0.6 is 11.6 Å². The van der Waals surface area contributed by atoms with Gasteiger partial charge in [0.1, 0.15) is 0 Å². The third-order valence-corrected chi connectivity index (χ3v) is 3.00. The van der Waals surface area contributed by atoms with Gasteiger partial charge in [0.15, 0.2) is 0 Å². The van der Waals surface area contributed by atoms with Gasteiger partial charge in [-0.1, -0.05) is 29.8 Å². The molecule has 0 saturated heterocycles. The monoisotopic (exact) mass is 208 g/mol. The average Bonchev–Trinajstić information content (AvgIpc) is 2.12. The minimum absolute atomic E-state index is 0.106. The first-order valence-corrected chi connectivity index (χ1v) is 5.34. The zero-order chi connectivity index (χ0) is 10.7. The molecule has 0 aromatic heterocycles. The second-order valence-corrected chi connectivity index (χ2v) is 4.45. The van der Waals surface area contributed by atoms with E-state index in [0.29, 0.717) is 0 Å². The Morgan fingerprint density at radius 2 is 2.00 bits per heavy atom. The van der Waals surface area contributed by atoms with Crippen LogP contribution in [0.4, 0.5) is 0 Å². The Labute approximate surface area is 91.6 Å². The highest BCUT2D eigenvalue weighted by Gasteiger charge is 2.01. The molecule has 0 radical (unpaired) electrons. The summed E-state index contributed by atoms with van der Waals surface area (Å²) >= 11 is 6.00. The fourth-order valence-electron chi connectivity index (χ4n) is 1.29. The summed E-state index contributed by atoms with van der Waals surface area (Å²) in [5.74, 6) is 0. The maximum Gasteiger partial charge on any atom is 0.0517 e. The molecule has 0 saturated carbocycles. The Morgan fingerprint density at radius 1 is 1.36 bits per heavy atom. The molecule has 0 heterocycles. The summed E-state index contributed by atoms with van der Waals surface area (Å²) in [7, 11) is 0. The topological polar surface area (TPSA) is 0 Å². The molecule has 0 aliphatic heterocycles. The van der Waals surface area contributed by atoms with Crippen molar-refractivity contribution >= 4 is 17.7 Å². The lowest BCUT2D eigenvalue weighted by atomic mass is 10.0. The molecular formula is C13H17Cl. The fourth-order valence-corrected chi connectivity index (χ4v) is 1.35. The van der Waals surface area contributed by atoms with E-state index in [1.807, 2.05) is 6.92 Å². The molecule has 1 aromatic carbocycles. The number of allylic oxidation sites excluding steroid dienone is 1. The van der Waals surface area contributed by atoms with E-state index in [9.17, 15) is 0 Å². The van der Waals surface area contributed by atoms with Gasteiger partial charge in [0.2, 0.25) is 0 Å². The summed E-state index contributed by atoms with van der Waals surface area (Å²) in [5, 5.41) is 0.106. The number of benzene rings is 1. The molecule has 0 amide bonds. The summed E-state index contributed by atoms with van der Waals surface area (Å²) in [6.45, 7) is 8.34. The van der Waals surface area contributed by atoms with E-state index in [1.165, 1.54) is 22.3 Å².